The van der Waals surface area contributed by atoms with E-state index in [-0.39, 0.29) is 6.10 Å². The third kappa shape index (κ3) is 3.46. The lowest BCUT2D eigenvalue weighted by molar-refractivity contribution is 0.0931. The van der Waals surface area contributed by atoms with Crippen LogP contribution in [0.2, 0.25) is 0 Å². The van der Waals surface area contributed by atoms with E-state index in [0.717, 1.165) is 23.7 Å². The van der Waals surface area contributed by atoms with Crippen molar-refractivity contribution < 1.29 is 5.11 Å². The molecule has 98 valence electrons. The Bertz CT molecular complexity index is 438. The number of aliphatic hydroxyl groups excluding tert-OH is 1. The van der Waals surface area contributed by atoms with Gasteiger partial charge in [0.05, 0.1) is 6.10 Å². The monoisotopic (exact) mass is 308 g/mol. The van der Waals surface area contributed by atoms with Crippen LogP contribution in [-0.4, -0.2) is 11.2 Å². The Morgan fingerprint density at radius 1 is 1.39 bits per heavy atom. The van der Waals surface area contributed by atoms with Crippen LogP contribution in [0.15, 0.2) is 40.4 Å². The van der Waals surface area contributed by atoms with Crippen molar-refractivity contribution in [3.05, 3.63) is 46.0 Å². The Morgan fingerprint density at radius 2 is 2.11 bits per heavy atom. The summed E-state index contributed by atoms with van der Waals surface area (Å²) in [4.78, 5) is 0. The smallest absolute Gasteiger partial charge is 0.0612 e. The zero-order valence-electron chi connectivity index (χ0n) is 11.1. The van der Waals surface area contributed by atoms with E-state index in [0.29, 0.717) is 11.8 Å². The number of aliphatic hydroxyl groups is 1. The van der Waals surface area contributed by atoms with Crippen LogP contribution in [0.25, 0.3) is 0 Å². The fourth-order valence-electron chi connectivity index (χ4n) is 2.95. The van der Waals surface area contributed by atoms with Gasteiger partial charge in [-0.2, -0.15) is 0 Å². The van der Waals surface area contributed by atoms with Gasteiger partial charge in [0.2, 0.25) is 0 Å². The lowest BCUT2D eigenvalue weighted by Crippen LogP contribution is -2.27. The van der Waals surface area contributed by atoms with Crippen molar-refractivity contribution in [3.8, 4) is 0 Å². The molecule has 0 bridgehead atoms. The summed E-state index contributed by atoms with van der Waals surface area (Å²) in [5.74, 6) is 0.995. The fourth-order valence-corrected chi connectivity index (χ4v) is 3.39. The van der Waals surface area contributed by atoms with E-state index in [2.05, 4.69) is 41.9 Å². The topological polar surface area (TPSA) is 20.2 Å². The Hall–Kier alpha value is -0.600. The van der Waals surface area contributed by atoms with E-state index in [1.54, 1.807) is 0 Å². The number of allylic oxidation sites excluding steroid dienone is 2. The maximum absolute atomic E-state index is 10.4. The van der Waals surface area contributed by atoms with Crippen molar-refractivity contribution >= 4 is 15.9 Å². The van der Waals surface area contributed by atoms with Gasteiger partial charge in [-0.15, -0.1) is 0 Å². The van der Waals surface area contributed by atoms with Crippen LogP contribution in [0.4, 0.5) is 0 Å². The molecule has 0 aliphatic heterocycles. The van der Waals surface area contributed by atoms with E-state index < -0.39 is 0 Å². The van der Waals surface area contributed by atoms with Crippen LogP contribution < -0.4 is 0 Å². The Morgan fingerprint density at radius 3 is 2.78 bits per heavy atom. The molecule has 1 aromatic rings. The molecule has 0 amide bonds. The SMILES string of the molecule is CC1=CC(C)CC(C(O)Cc2ccccc2Br)C1. The van der Waals surface area contributed by atoms with Gasteiger partial charge in [0.15, 0.2) is 0 Å². The third-order valence-corrected chi connectivity index (χ3v) is 4.53. The molecule has 3 unspecified atom stereocenters. The molecule has 0 spiro atoms. The maximum Gasteiger partial charge on any atom is 0.0612 e. The molecule has 2 heteroatoms. The maximum atomic E-state index is 10.4. The second kappa shape index (κ2) is 6.03. The molecule has 1 aliphatic carbocycles. The minimum atomic E-state index is -0.241. The highest BCUT2D eigenvalue weighted by Crippen LogP contribution is 2.32. The van der Waals surface area contributed by atoms with Crippen molar-refractivity contribution in [2.45, 2.75) is 39.2 Å². The average molecular weight is 309 g/mol. The standard InChI is InChI=1S/C16H21BrO/c1-11-7-12(2)9-14(8-11)16(18)10-13-5-3-4-6-15(13)17/h3-7,11,14,16,18H,8-10H2,1-2H3. The van der Waals surface area contributed by atoms with Crippen molar-refractivity contribution in [1.82, 2.24) is 0 Å². The first-order chi connectivity index (χ1) is 8.56. The van der Waals surface area contributed by atoms with Gasteiger partial charge in [0.1, 0.15) is 0 Å². The highest BCUT2D eigenvalue weighted by atomic mass is 79.9. The molecular weight excluding hydrogens is 288 g/mol. The molecule has 3 atom stereocenters. The molecule has 0 fully saturated rings. The summed E-state index contributed by atoms with van der Waals surface area (Å²) < 4.78 is 1.10. The van der Waals surface area contributed by atoms with Crippen molar-refractivity contribution in [3.63, 3.8) is 0 Å². The van der Waals surface area contributed by atoms with Gasteiger partial charge in [-0.25, -0.2) is 0 Å². The number of halogens is 1. The van der Waals surface area contributed by atoms with Gasteiger partial charge in [-0.05, 0) is 49.7 Å². The number of benzene rings is 1. The van der Waals surface area contributed by atoms with Crippen molar-refractivity contribution in [2.24, 2.45) is 11.8 Å². The first kappa shape index (κ1) is 13.8. The molecule has 1 N–H and O–H groups in total. The molecule has 1 aromatic carbocycles. The molecule has 0 radical (unpaired) electrons. The van der Waals surface area contributed by atoms with E-state index >= 15 is 0 Å². The lowest BCUT2D eigenvalue weighted by atomic mass is 9.79. The zero-order chi connectivity index (χ0) is 13.1. The Kier molecular flexibility index (Phi) is 4.63. The molecule has 1 nitrogen and oxygen atoms in total. The quantitative estimate of drug-likeness (QED) is 0.823. The molecule has 18 heavy (non-hydrogen) atoms. The van der Waals surface area contributed by atoms with Gasteiger partial charge in [0.25, 0.3) is 0 Å². The average Bonchev–Trinajstić information content (AvgIpc) is 2.31. The highest BCUT2D eigenvalue weighted by molar-refractivity contribution is 9.10. The fraction of sp³-hybridized carbons (Fsp3) is 0.500. The largest absolute Gasteiger partial charge is 0.392 e. The normalized spacial score (nSPS) is 25.7. The van der Waals surface area contributed by atoms with Gasteiger partial charge in [-0.3, -0.25) is 0 Å². The van der Waals surface area contributed by atoms with Crippen LogP contribution in [0.1, 0.15) is 32.3 Å². The first-order valence-electron chi connectivity index (χ1n) is 6.65. The molecule has 1 aliphatic rings. The molecule has 0 saturated carbocycles. The van der Waals surface area contributed by atoms with Crippen LogP contribution in [0, 0.1) is 11.8 Å². The molecule has 0 aromatic heterocycles. The summed E-state index contributed by atoms with van der Waals surface area (Å²) in [7, 11) is 0. The lowest BCUT2D eigenvalue weighted by Gasteiger charge is -2.29. The molecule has 2 rings (SSSR count). The van der Waals surface area contributed by atoms with Gasteiger partial charge in [-0.1, -0.05) is 52.7 Å². The van der Waals surface area contributed by atoms with Gasteiger partial charge < -0.3 is 5.11 Å². The number of hydrogen-bond donors (Lipinski definition) is 1. The summed E-state index contributed by atoms with van der Waals surface area (Å²) in [5, 5.41) is 10.4. The Balaban J connectivity index is 2.03. The third-order valence-electron chi connectivity index (χ3n) is 3.76. The van der Waals surface area contributed by atoms with Crippen molar-refractivity contribution in [2.75, 3.05) is 0 Å². The Labute approximate surface area is 118 Å². The minimum absolute atomic E-state index is 0.241. The minimum Gasteiger partial charge on any atom is -0.392 e. The van der Waals surface area contributed by atoms with E-state index in [1.165, 1.54) is 11.1 Å². The summed E-state index contributed by atoms with van der Waals surface area (Å²) in [6.07, 6.45) is 4.97. The van der Waals surface area contributed by atoms with Crippen LogP contribution in [-0.2, 0) is 6.42 Å². The van der Waals surface area contributed by atoms with Gasteiger partial charge in [0, 0.05) is 4.47 Å². The summed E-state index contributed by atoms with van der Waals surface area (Å²) >= 11 is 3.55. The van der Waals surface area contributed by atoms with Crippen LogP contribution >= 0.6 is 15.9 Å². The van der Waals surface area contributed by atoms with Crippen molar-refractivity contribution in [1.29, 1.82) is 0 Å². The highest BCUT2D eigenvalue weighted by Gasteiger charge is 2.25. The number of rotatable bonds is 3. The first-order valence-corrected chi connectivity index (χ1v) is 7.44. The van der Waals surface area contributed by atoms with E-state index in [9.17, 15) is 5.11 Å². The molecule has 0 saturated heterocycles. The molecular formula is C16H21BrO. The van der Waals surface area contributed by atoms with Crippen LogP contribution in [0.3, 0.4) is 0 Å². The number of hydrogen-bond acceptors (Lipinski definition) is 1. The van der Waals surface area contributed by atoms with Crippen LogP contribution in [0.5, 0.6) is 0 Å². The van der Waals surface area contributed by atoms with E-state index in [4.69, 9.17) is 0 Å². The second-order valence-electron chi connectivity index (χ2n) is 5.55. The van der Waals surface area contributed by atoms with Gasteiger partial charge >= 0.3 is 0 Å². The van der Waals surface area contributed by atoms with E-state index in [1.807, 2.05) is 18.2 Å². The predicted molar refractivity (Wildman–Crippen MR) is 79.5 cm³/mol. The second-order valence-corrected chi connectivity index (χ2v) is 6.41. The zero-order valence-corrected chi connectivity index (χ0v) is 12.7. The summed E-state index contributed by atoms with van der Waals surface area (Å²) in [6, 6.07) is 8.16. The predicted octanol–water partition coefficient (Wildman–Crippen LogP) is 4.34. The summed E-state index contributed by atoms with van der Waals surface area (Å²) in [5.41, 5.74) is 2.62. The molecule has 0 heterocycles. The summed E-state index contributed by atoms with van der Waals surface area (Å²) in [6.45, 7) is 4.41.